The first-order chi connectivity index (χ1) is 9.54. The summed E-state index contributed by atoms with van der Waals surface area (Å²) < 4.78 is 27.1. The zero-order chi connectivity index (χ0) is 16.4. The summed E-state index contributed by atoms with van der Waals surface area (Å²) in [5.74, 6) is 0.0782. The summed E-state index contributed by atoms with van der Waals surface area (Å²) >= 11 is 0.694. The van der Waals surface area contributed by atoms with E-state index in [4.69, 9.17) is 5.73 Å². The maximum Gasteiger partial charge on any atom is 0.304 e. The van der Waals surface area contributed by atoms with E-state index in [9.17, 15) is 18.5 Å². The number of anilines is 1. The highest BCUT2D eigenvalue weighted by atomic mass is 32.2. The van der Waals surface area contributed by atoms with Gasteiger partial charge < -0.3 is 10.6 Å². The van der Waals surface area contributed by atoms with Crippen LogP contribution < -0.4 is 10.5 Å². The third kappa shape index (κ3) is 4.63. The zero-order valence-corrected chi connectivity index (χ0v) is 14.0. The van der Waals surface area contributed by atoms with Crippen molar-refractivity contribution >= 4 is 32.0 Å². The Morgan fingerprint density at radius 3 is 2.43 bits per heavy atom. The van der Waals surface area contributed by atoms with Crippen molar-refractivity contribution < 1.29 is 13.3 Å². The second kappa shape index (κ2) is 6.69. The summed E-state index contributed by atoms with van der Waals surface area (Å²) in [4.78, 5) is 11.9. The molecule has 0 aliphatic heterocycles. The van der Waals surface area contributed by atoms with E-state index in [1.165, 1.54) is 0 Å². The number of sulfonamides is 1. The van der Waals surface area contributed by atoms with Gasteiger partial charge in [-0.2, -0.15) is 0 Å². The molecule has 21 heavy (non-hydrogen) atoms. The van der Waals surface area contributed by atoms with Crippen molar-refractivity contribution in [1.82, 2.24) is 9.62 Å². The van der Waals surface area contributed by atoms with E-state index >= 15 is 0 Å². The van der Waals surface area contributed by atoms with Crippen LogP contribution in [0.25, 0.3) is 0 Å². The molecule has 1 atom stereocenters. The highest BCUT2D eigenvalue weighted by molar-refractivity contribution is 7.91. The van der Waals surface area contributed by atoms with E-state index in [0.29, 0.717) is 17.9 Å². The molecule has 1 rings (SSSR count). The molecule has 0 amide bonds. The molecule has 1 unspecified atom stereocenters. The molecule has 1 aromatic rings. The zero-order valence-electron chi connectivity index (χ0n) is 12.4. The number of rotatable bonds is 7. The van der Waals surface area contributed by atoms with Gasteiger partial charge in [0.2, 0.25) is 0 Å². The lowest BCUT2D eigenvalue weighted by Crippen LogP contribution is -2.44. The molecule has 1 heterocycles. The van der Waals surface area contributed by atoms with Gasteiger partial charge in [0.1, 0.15) is 4.21 Å². The second-order valence-corrected chi connectivity index (χ2v) is 8.33. The van der Waals surface area contributed by atoms with Gasteiger partial charge in [0.25, 0.3) is 10.0 Å². The van der Waals surface area contributed by atoms with Gasteiger partial charge in [0, 0.05) is 18.7 Å². The predicted molar refractivity (Wildman–Crippen MR) is 82.9 cm³/mol. The molecule has 0 aliphatic carbocycles. The normalized spacial score (nSPS) is 13.8. The van der Waals surface area contributed by atoms with E-state index in [0.717, 1.165) is 6.07 Å². The summed E-state index contributed by atoms with van der Waals surface area (Å²) in [5.41, 5.74) is 5.11. The number of hydrogen-bond donors (Lipinski definition) is 2. The number of likely N-dealkylation sites (N-methyl/N-ethyl adjacent to an activating group) is 1. The Hall–Kier alpha value is -1.23. The van der Waals surface area contributed by atoms with Crippen molar-refractivity contribution in [2.24, 2.45) is 5.92 Å². The van der Waals surface area contributed by atoms with Crippen molar-refractivity contribution in [3.8, 4) is 0 Å². The molecule has 0 saturated carbocycles. The smallest absolute Gasteiger partial charge is 0.304 e. The van der Waals surface area contributed by atoms with Gasteiger partial charge in [-0.3, -0.25) is 10.1 Å². The minimum Gasteiger partial charge on any atom is -0.385 e. The fraction of sp³-hybridized carbons (Fsp3) is 0.636. The van der Waals surface area contributed by atoms with Crippen LogP contribution in [0.2, 0.25) is 0 Å². The van der Waals surface area contributed by atoms with Crippen LogP contribution in [0.3, 0.4) is 0 Å². The van der Waals surface area contributed by atoms with Gasteiger partial charge >= 0.3 is 5.69 Å². The SMILES string of the molecule is CC(C)C(CN(C)C)NS(=O)(=O)c1cc([N+](=O)[O-])c(N)s1. The van der Waals surface area contributed by atoms with Crippen LogP contribution in [-0.2, 0) is 10.0 Å². The monoisotopic (exact) mass is 336 g/mol. The highest BCUT2D eigenvalue weighted by Gasteiger charge is 2.28. The third-order valence-electron chi connectivity index (χ3n) is 2.85. The highest BCUT2D eigenvalue weighted by Crippen LogP contribution is 2.34. The number of hydrogen-bond acceptors (Lipinski definition) is 7. The van der Waals surface area contributed by atoms with Crippen molar-refractivity contribution in [3.63, 3.8) is 0 Å². The van der Waals surface area contributed by atoms with Crippen molar-refractivity contribution in [2.75, 3.05) is 26.4 Å². The molecule has 0 spiro atoms. The molecule has 10 heteroatoms. The molecule has 0 fully saturated rings. The van der Waals surface area contributed by atoms with Crippen LogP contribution in [0.5, 0.6) is 0 Å². The molecule has 1 aromatic heterocycles. The minimum absolute atomic E-state index is 0.0782. The lowest BCUT2D eigenvalue weighted by molar-refractivity contribution is -0.383. The summed E-state index contributed by atoms with van der Waals surface area (Å²) in [6.45, 7) is 4.34. The average molecular weight is 336 g/mol. The van der Waals surface area contributed by atoms with Gasteiger partial charge in [-0.25, -0.2) is 13.1 Å². The molecule has 120 valence electrons. The average Bonchev–Trinajstić information content (AvgIpc) is 2.70. The summed E-state index contributed by atoms with van der Waals surface area (Å²) in [6.07, 6.45) is 0. The number of nitro groups is 1. The molecule has 3 N–H and O–H groups in total. The standard InChI is InChI=1S/C11H20N4O4S2/c1-7(2)8(6-14(3)4)13-21(18,19)10-5-9(15(16)17)11(12)20-10/h5,7-8,13H,6,12H2,1-4H3. The van der Waals surface area contributed by atoms with Crippen molar-refractivity contribution in [2.45, 2.75) is 24.1 Å². The Balaban J connectivity index is 3.05. The fourth-order valence-electron chi connectivity index (χ4n) is 1.68. The Morgan fingerprint density at radius 2 is 2.05 bits per heavy atom. The predicted octanol–water partition coefficient (Wildman–Crippen LogP) is 1.10. The third-order valence-corrected chi connectivity index (χ3v) is 5.77. The molecule has 0 aliphatic rings. The summed E-state index contributed by atoms with van der Waals surface area (Å²) in [5, 5.41) is 10.6. The van der Waals surface area contributed by atoms with Crippen molar-refractivity contribution in [3.05, 3.63) is 16.2 Å². The van der Waals surface area contributed by atoms with Crippen LogP contribution in [-0.4, -0.2) is 44.9 Å². The van der Waals surface area contributed by atoms with Crippen LogP contribution in [0.1, 0.15) is 13.8 Å². The minimum atomic E-state index is -3.83. The quantitative estimate of drug-likeness (QED) is 0.568. The Morgan fingerprint density at radius 1 is 1.48 bits per heavy atom. The van der Waals surface area contributed by atoms with E-state index in [2.05, 4.69) is 4.72 Å². The number of nitrogen functional groups attached to an aromatic ring is 1. The van der Waals surface area contributed by atoms with Gasteiger partial charge in [0.05, 0.1) is 4.92 Å². The maximum absolute atomic E-state index is 12.3. The van der Waals surface area contributed by atoms with E-state index in [-0.39, 0.29) is 26.9 Å². The van der Waals surface area contributed by atoms with Gasteiger partial charge in [0.15, 0.2) is 5.00 Å². The molecule has 0 radical (unpaired) electrons. The van der Waals surface area contributed by atoms with E-state index < -0.39 is 14.9 Å². The lowest BCUT2D eigenvalue weighted by Gasteiger charge is -2.25. The first kappa shape index (κ1) is 17.8. The molecular formula is C11H20N4O4S2. The van der Waals surface area contributed by atoms with Crippen LogP contribution in [0.4, 0.5) is 10.7 Å². The molecular weight excluding hydrogens is 316 g/mol. The second-order valence-electron chi connectivity index (χ2n) is 5.31. The van der Waals surface area contributed by atoms with Crippen molar-refractivity contribution in [1.29, 1.82) is 0 Å². The fourth-order valence-corrected chi connectivity index (χ4v) is 4.29. The molecule has 8 nitrogen and oxygen atoms in total. The van der Waals surface area contributed by atoms with Crippen LogP contribution in [0, 0.1) is 16.0 Å². The van der Waals surface area contributed by atoms with E-state index in [1.54, 1.807) is 0 Å². The summed E-state index contributed by atoms with van der Waals surface area (Å²) in [6, 6.07) is 0.697. The Labute approximate surface area is 128 Å². The van der Waals surface area contributed by atoms with E-state index in [1.807, 2.05) is 32.8 Å². The molecule has 0 saturated heterocycles. The maximum atomic E-state index is 12.3. The first-order valence-corrected chi connectivity index (χ1v) is 8.55. The Kier molecular flexibility index (Phi) is 5.68. The number of nitrogens with two attached hydrogens (primary N) is 1. The number of nitrogens with one attached hydrogen (secondary N) is 1. The lowest BCUT2D eigenvalue weighted by atomic mass is 10.1. The Bertz CT molecular complexity index is 610. The number of nitrogens with zero attached hydrogens (tertiary/aromatic N) is 2. The number of thiophene rings is 1. The topological polar surface area (TPSA) is 119 Å². The van der Waals surface area contributed by atoms with Gasteiger partial charge in [-0.15, -0.1) is 0 Å². The van der Waals surface area contributed by atoms with Gasteiger partial charge in [-0.05, 0) is 20.0 Å². The molecule has 0 aromatic carbocycles. The van der Waals surface area contributed by atoms with Crippen LogP contribution >= 0.6 is 11.3 Å². The largest absolute Gasteiger partial charge is 0.385 e. The van der Waals surface area contributed by atoms with Gasteiger partial charge in [-0.1, -0.05) is 25.2 Å². The summed E-state index contributed by atoms with van der Waals surface area (Å²) in [7, 11) is -0.138. The molecule has 0 bridgehead atoms. The van der Waals surface area contributed by atoms with Crippen LogP contribution in [0.15, 0.2) is 10.3 Å². The first-order valence-electron chi connectivity index (χ1n) is 6.25.